The number of rotatable bonds is 5. The van der Waals surface area contributed by atoms with Gasteiger partial charge in [0.05, 0.1) is 32.5 Å². The van der Waals surface area contributed by atoms with Gasteiger partial charge in [0, 0.05) is 11.8 Å². The van der Waals surface area contributed by atoms with Gasteiger partial charge in [0.15, 0.2) is 17.3 Å². The van der Waals surface area contributed by atoms with Gasteiger partial charge in [-0.05, 0) is 37.1 Å². The zero-order valence-electron chi connectivity index (χ0n) is 14.9. The topological polar surface area (TPSA) is 57.7 Å². The SMILES string of the molecule is COc1cc(C)c(C(=O)c2c(OC)ncc(C)c2C(F)(F)F)cc1OC. The Hall–Kier alpha value is -2.77. The van der Waals surface area contributed by atoms with Gasteiger partial charge in [-0.15, -0.1) is 0 Å². The predicted molar refractivity (Wildman–Crippen MR) is 88.2 cm³/mol. The third kappa shape index (κ3) is 3.44. The third-order valence-electron chi connectivity index (χ3n) is 3.91. The largest absolute Gasteiger partial charge is 0.493 e. The molecule has 0 bridgehead atoms. The maximum absolute atomic E-state index is 13.6. The fourth-order valence-corrected chi connectivity index (χ4v) is 2.68. The van der Waals surface area contributed by atoms with Gasteiger partial charge < -0.3 is 14.2 Å². The fraction of sp³-hybridized carbons (Fsp3) is 0.333. The summed E-state index contributed by atoms with van der Waals surface area (Å²) in [5.41, 5.74) is -1.39. The first-order chi connectivity index (χ1) is 12.1. The number of aryl methyl sites for hydroxylation is 2. The molecule has 0 atom stereocenters. The van der Waals surface area contributed by atoms with Crippen LogP contribution in [-0.2, 0) is 6.18 Å². The molecule has 0 unspecified atom stereocenters. The quantitative estimate of drug-likeness (QED) is 0.747. The standard InChI is InChI=1S/C18H18F3NO4/c1-9-6-12(24-3)13(25-4)7-11(9)16(23)14-15(18(19,20)21)10(2)8-22-17(14)26-5/h6-8H,1-5H3. The molecule has 26 heavy (non-hydrogen) atoms. The number of halogens is 3. The van der Waals surface area contributed by atoms with Crippen LogP contribution in [0.3, 0.4) is 0 Å². The van der Waals surface area contributed by atoms with E-state index in [9.17, 15) is 18.0 Å². The van der Waals surface area contributed by atoms with Crippen molar-refractivity contribution in [3.63, 3.8) is 0 Å². The van der Waals surface area contributed by atoms with Crippen LogP contribution in [0, 0.1) is 13.8 Å². The molecule has 140 valence electrons. The van der Waals surface area contributed by atoms with Crippen molar-refractivity contribution in [2.45, 2.75) is 20.0 Å². The number of ether oxygens (including phenoxy) is 3. The van der Waals surface area contributed by atoms with Gasteiger partial charge in [0.1, 0.15) is 0 Å². The van der Waals surface area contributed by atoms with Gasteiger partial charge in [-0.25, -0.2) is 4.98 Å². The van der Waals surface area contributed by atoms with Gasteiger partial charge >= 0.3 is 6.18 Å². The van der Waals surface area contributed by atoms with Crippen LogP contribution in [0.25, 0.3) is 0 Å². The molecule has 1 aromatic carbocycles. The van der Waals surface area contributed by atoms with Gasteiger partial charge in [0.25, 0.3) is 0 Å². The van der Waals surface area contributed by atoms with Crippen LogP contribution in [-0.4, -0.2) is 32.1 Å². The summed E-state index contributed by atoms with van der Waals surface area (Å²) in [6, 6.07) is 2.87. The molecule has 1 aromatic heterocycles. The molecule has 5 nitrogen and oxygen atoms in total. The first-order valence-corrected chi connectivity index (χ1v) is 7.53. The second-order valence-electron chi connectivity index (χ2n) is 5.55. The molecule has 2 aromatic rings. The van der Waals surface area contributed by atoms with E-state index >= 15 is 0 Å². The van der Waals surface area contributed by atoms with Gasteiger partial charge in [-0.2, -0.15) is 13.2 Å². The first kappa shape index (κ1) is 19.6. The second kappa shape index (κ2) is 7.23. The van der Waals surface area contributed by atoms with E-state index in [4.69, 9.17) is 14.2 Å². The lowest BCUT2D eigenvalue weighted by Gasteiger charge is -2.18. The molecule has 2 rings (SSSR count). The van der Waals surface area contributed by atoms with E-state index in [-0.39, 0.29) is 22.8 Å². The average Bonchev–Trinajstić information content (AvgIpc) is 2.59. The molecule has 0 aliphatic heterocycles. The highest BCUT2D eigenvalue weighted by Gasteiger charge is 2.40. The number of aromatic nitrogens is 1. The van der Waals surface area contributed by atoms with Gasteiger partial charge in [-0.3, -0.25) is 4.79 Å². The summed E-state index contributed by atoms with van der Waals surface area (Å²) in [4.78, 5) is 16.8. The van der Waals surface area contributed by atoms with E-state index in [0.29, 0.717) is 11.3 Å². The Labute approximate surface area is 148 Å². The molecule has 0 spiro atoms. The minimum Gasteiger partial charge on any atom is -0.493 e. The lowest BCUT2D eigenvalue weighted by atomic mass is 9.93. The summed E-state index contributed by atoms with van der Waals surface area (Å²) in [7, 11) is 3.96. The van der Waals surface area contributed by atoms with Crippen molar-refractivity contribution < 1.29 is 32.2 Å². The summed E-state index contributed by atoms with van der Waals surface area (Å²) in [6.45, 7) is 2.84. The maximum Gasteiger partial charge on any atom is 0.417 e. The van der Waals surface area contributed by atoms with Crippen molar-refractivity contribution in [3.05, 3.63) is 46.1 Å². The molecule has 0 aliphatic rings. The minimum atomic E-state index is -4.74. The number of hydrogen-bond acceptors (Lipinski definition) is 5. The Bertz CT molecular complexity index is 847. The van der Waals surface area contributed by atoms with Crippen LogP contribution < -0.4 is 14.2 Å². The van der Waals surface area contributed by atoms with Crippen molar-refractivity contribution in [3.8, 4) is 17.4 Å². The Morgan fingerprint density at radius 1 is 0.962 bits per heavy atom. The van der Waals surface area contributed by atoms with E-state index in [1.165, 1.54) is 33.3 Å². The number of ketones is 1. The molecule has 0 saturated heterocycles. The molecule has 0 fully saturated rings. The highest BCUT2D eigenvalue weighted by atomic mass is 19.4. The van der Waals surface area contributed by atoms with E-state index < -0.39 is 23.1 Å². The molecular formula is C18H18F3NO4. The normalized spacial score (nSPS) is 11.2. The number of hydrogen-bond donors (Lipinski definition) is 0. The van der Waals surface area contributed by atoms with Crippen molar-refractivity contribution >= 4 is 5.78 Å². The minimum absolute atomic E-state index is 0.0406. The number of methoxy groups -OCH3 is 3. The fourth-order valence-electron chi connectivity index (χ4n) is 2.68. The van der Waals surface area contributed by atoms with Crippen LogP contribution in [0.1, 0.15) is 32.6 Å². The van der Waals surface area contributed by atoms with Crippen molar-refractivity contribution in [2.24, 2.45) is 0 Å². The number of nitrogens with zero attached hydrogens (tertiary/aromatic N) is 1. The first-order valence-electron chi connectivity index (χ1n) is 7.53. The number of pyridine rings is 1. The highest BCUT2D eigenvalue weighted by Crippen LogP contribution is 2.40. The molecule has 0 saturated carbocycles. The zero-order valence-corrected chi connectivity index (χ0v) is 14.9. The molecule has 1 heterocycles. The van der Waals surface area contributed by atoms with Crippen LogP contribution >= 0.6 is 0 Å². The van der Waals surface area contributed by atoms with E-state index in [1.54, 1.807) is 6.92 Å². The number of alkyl halides is 3. The lowest BCUT2D eigenvalue weighted by Crippen LogP contribution is -2.18. The van der Waals surface area contributed by atoms with Gasteiger partial charge in [0.2, 0.25) is 5.88 Å². The summed E-state index contributed by atoms with van der Waals surface area (Å²) in [5.74, 6) is -0.646. The van der Waals surface area contributed by atoms with E-state index in [1.807, 2.05) is 0 Å². The monoisotopic (exact) mass is 369 g/mol. The smallest absolute Gasteiger partial charge is 0.417 e. The summed E-state index contributed by atoms with van der Waals surface area (Å²) < 4.78 is 56.0. The Morgan fingerprint density at radius 3 is 2.04 bits per heavy atom. The average molecular weight is 369 g/mol. The van der Waals surface area contributed by atoms with E-state index in [2.05, 4.69) is 4.98 Å². The van der Waals surface area contributed by atoms with Crippen molar-refractivity contribution in [1.82, 2.24) is 4.98 Å². The molecule has 0 aliphatic carbocycles. The third-order valence-corrected chi connectivity index (χ3v) is 3.91. The summed E-state index contributed by atoms with van der Waals surface area (Å²) >= 11 is 0. The van der Waals surface area contributed by atoms with Crippen molar-refractivity contribution in [1.29, 1.82) is 0 Å². The van der Waals surface area contributed by atoms with Crippen LogP contribution in [0.4, 0.5) is 13.2 Å². The number of carbonyl (C=O) groups is 1. The Balaban J connectivity index is 2.77. The van der Waals surface area contributed by atoms with Gasteiger partial charge in [-0.1, -0.05) is 0 Å². The lowest BCUT2D eigenvalue weighted by molar-refractivity contribution is -0.138. The summed E-state index contributed by atoms with van der Waals surface area (Å²) in [6.07, 6.45) is -3.71. The predicted octanol–water partition coefficient (Wildman–Crippen LogP) is 3.97. The Morgan fingerprint density at radius 2 is 1.54 bits per heavy atom. The number of benzene rings is 1. The Kier molecular flexibility index (Phi) is 5.44. The van der Waals surface area contributed by atoms with E-state index in [0.717, 1.165) is 13.3 Å². The molecule has 0 N–H and O–H groups in total. The molecule has 8 heteroatoms. The maximum atomic E-state index is 13.6. The summed E-state index contributed by atoms with van der Waals surface area (Å²) in [5, 5.41) is 0. The highest BCUT2D eigenvalue weighted by molar-refractivity contribution is 6.12. The van der Waals surface area contributed by atoms with Crippen LogP contribution in [0.15, 0.2) is 18.3 Å². The van der Waals surface area contributed by atoms with Crippen molar-refractivity contribution in [2.75, 3.05) is 21.3 Å². The second-order valence-corrected chi connectivity index (χ2v) is 5.55. The number of carbonyl (C=O) groups excluding carboxylic acids is 1. The molecule has 0 amide bonds. The van der Waals surface area contributed by atoms with Crippen LogP contribution in [0.2, 0.25) is 0 Å². The molecular weight excluding hydrogens is 351 g/mol. The molecule has 0 radical (unpaired) electrons. The van der Waals surface area contributed by atoms with Crippen LogP contribution in [0.5, 0.6) is 17.4 Å². The zero-order chi connectivity index (χ0) is 19.6.